The van der Waals surface area contributed by atoms with Gasteiger partial charge in [0.25, 0.3) is 5.91 Å². The van der Waals surface area contributed by atoms with Gasteiger partial charge in [0.1, 0.15) is 17.5 Å². The molecular formula is C36H45F2N3O. The predicted octanol–water partition coefficient (Wildman–Crippen LogP) is 7.75. The topological polar surface area (TPSA) is 35.9 Å². The molecule has 0 N–H and O–H groups in total. The van der Waals surface area contributed by atoms with E-state index in [1.807, 2.05) is 11.8 Å². The fourth-order valence-electron chi connectivity index (χ4n) is 8.38. The van der Waals surface area contributed by atoms with Gasteiger partial charge in [-0.2, -0.15) is 0 Å². The van der Waals surface area contributed by atoms with Crippen LogP contribution in [-0.4, -0.2) is 47.7 Å². The largest absolute Gasteiger partial charge is 0.303 e. The van der Waals surface area contributed by atoms with Crippen LogP contribution < -0.4 is 0 Å². The first-order chi connectivity index (χ1) is 20.2. The zero-order valence-corrected chi connectivity index (χ0v) is 25.4. The van der Waals surface area contributed by atoms with E-state index in [4.69, 9.17) is 4.99 Å². The van der Waals surface area contributed by atoms with Crippen molar-refractivity contribution in [3.05, 3.63) is 84.0 Å². The number of halogens is 2. The van der Waals surface area contributed by atoms with Crippen molar-refractivity contribution in [2.24, 2.45) is 33.6 Å². The highest BCUT2D eigenvalue weighted by Gasteiger charge is 2.60. The Morgan fingerprint density at radius 1 is 1.05 bits per heavy atom. The first kappa shape index (κ1) is 29.2. The number of allylic oxidation sites excluding steroid dienone is 7. The van der Waals surface area contributed by atoms with Crippen molar-refractivity contribution in [3.63, 3.8) is 0 Å². The number of nitrogens with zero attached hydrogens (tertiary/aromatic N) is 3. The molecule has 6 rings (SSSR count). The molecule has 224 valence electrons. The van der Waals surface area contributed by atoms with Gasteiger partial charge in [-0.25, -0.2) is 13.8 Å². The monoisotopic (exact) mass is 573 g/mol. The molecule has 5 aliphatic rings. The smallest absolute Gasteiger partial charge is 0.261 e. The predicted molar refractivity (Wildman–Crippen MR) is 165 cm³/mol. The third-order valence-electron chi connectivity index (χ3n) is 11.2. The molecule has 1 amide bonds. The second-order valence-electron chi connectivity index (χ2n) is 13.6. The molecule has 2 aliphatic heterocycles. The van der Waals surface area contributed by atoms with Gasteiger partial charge in [0.15, 0.2) is 5.54 Å². The number of aliphatic imine (C=N–C) groups is 1. The van der Waals surface area contributed by atoms with Crippen LogP contribution in [0.1, 0.15) is 71.3 Å². The summed E-state index contributed by atoms with van der Waals surface area (Å²) in [6.45, 7) is 9.97. The molecule has 2 heterocycles. The standard InChI is InChI=1S/C36H45F2N3O/c1-4-26(2)32-39-36(28-10-12-29(37)13-11-28,34(3)17-15-30(38)16-18-34)33(42)41(32)23-7-22-40-24-20-35(21-25-40)19-14-27-8-5-6-9-31(27)35/h5-6,8-13,15-17,26-27,31H,4,7,14,18-25H2,1-3H3. The number of amides is 1. The molecule has 1 spiro atoms. The summed E-state index contributed by atoms with van der Waals surface area (Å²) >= 11 is 0. The molecule has 1 saturated carbocycles. The Morgan fingerprint density at radius 3 is 2.48 bits per heavy atom. The number of hydrogen-bond acceptors (Lipinski definition) is 3. The zero-order valence-electron chi connectivity index (χ0n) is 25.4. The molecule has 42 heavy (non-hydrogen) atoms. The summed E-state index contributed by atoms with van der Waals surface area (Å²) in [5.41, 5.74) is -0.947. The molecule has 2 fully saturated rings. The third-order valence-corrected chi connectivity index (χ3v) is 11.2. The minimum atomic E-state index is -1.27. The molecule has 5 atom stereocenters. The van der Waals surface area contributed by atoms with Gasteiger partial charge in [0.05, 0.1) is 0 Å². The fourth-order valence-corrected chi connectivity index (χ4v) is 8.38. The molecule has 5 unspecified atom stereocenters. The summed E-state index contributed by atoms with van der Waals surface area (Å²) < 4.78 is 28.2. The van der Waals surface area contributed by atoms with Crippen LogP contribution in [0.2, 0.25) is 0 Å². The van der Waals surface area contributed by atoms with Crippen molar-refractivity contribution in [3.8, 4) is 0 Å². The Hall–Kier alpha value is -2.86. The van der Waals surface area contributed by atoms with Crippen molar-refractivity contribution in [2.75, 3.05) is 26.2 Å². The SMILES string of the molecule is CCC(C)C1=NC(c2ccc(F)cc2)(C2(C)C=CC(F)=CC2)C(=O)N1CCCN1CCC2(CCC3C=CC=CC32)CC1. The van der Waals surface area contributed by atoms with E-state index < -0.39 is 11.0 Å². The maximum Gasteiger partial charge on any atom is 0.261 e. The lowest BCUT2D eigenvalue weighted by Gasteiger charge is -2.44. The average molecular weight is 574 g/mol. The van der Waals surface area contributed by atoms with E-state index in [0.717, 1.165) is 44.2 Å². The Morgan fingerprint density at radius 2 is 1.79 bits per heavy atom. The van der Waals surface area contributed by atoms with Crippen LogP contribution in [-0.2, 0) is 10.3 Å². The average Bonchev–Trinajstić information content (AvgIpc) is 3.52. The second kappa shape index (κ2) is 11.3. The summed E-state index contributed by atoms with van der Waals surface area (Å²) in [4.78, 5) is 24.4. The summed E-state index contributed by atoms with van der Waals surface area (Å²) in [5, 5.41) is 0. The highest BCUT2D eigenvalue weighted by molar-refractivity contribution is 6.10. The quantitative estimate of drug-likeness (QED) is 0.319. The first-order valence-electron chi connectivity index (χ1n) is 16.0. The van der Waals surface area contributed by atoms with Crippen LogP contribution in [0.4, 0.5) is 8.78 Å². The molecule has 6 heteroatoms. The fraction of sp³-hybridized carbons (Fsp3) is 0.556. The number of benzene rings is 1. The van der Waals surface area contributed by atoms with E-state index in [2.05, 4.69) is 43.1 Å². The maximum atomic E-state index is 14.7. The number of carbonyl (C=O) groups is 1. The summed E-state index contributed by atoms with van der Waals surface area (Å²) in [5.74, 6) is 1.55. The van der Waals surface area contributed by atoms with Crippen molar-refractivity contribution in [2.45, 2.75) is 71.3 Å². The number of amidine groups is 1. The van der Waals surface area contributed by atoms with Crippen LogP contribution in [0.25, 0.3) is 0 Å². The Kier molecular flexibility index (Phi) is 7.88. The van der Waals surface area contributed by atoms with E-state index in [9.17, 15) is 13.6 Å². The van der Waals surface area contributed by atoms with Gasteiger partial charge in [-0.05, 0) is 112 Å². The molecule has 4 nitrogen and oxygen atoms in total. The van der Waals surface area contributed by atoms with E-state index in [1.54, 1.807) is 18.2 Å². The minimum absolute atomic E-state index is 0.0843. The minimum Gasteiger partial charge on any atom is -0.303 e. The van der Waals surface area contributed by atoms with E-state index in [-0.39, 0.29) is 23.5 Å². The molecule has 1 aromatic carbocycles. The Labute approximate surface area is 249 Å². The van der Waals surface area contributed by atoms with Gasteiger partial charge in [-0.3, -0.25) is 9.69 Å². The van der Waals surface area contributed by atoms with Crippen molar-refractivity contribution in [1.29, 1.82) is 0 Å². The Balaban J connectivity index is 1.19. The second-order valence-corrected chi connectivity index (χ2v) is 13.6. The van der Waals surface area contributed by atoms with E-state index >= 15 is 0 Å². The normalized spacial score (nSPS) is 32.8. The van der Waals surface area contributed by atoms with Crippen LogP contribution in [0.5, 0.6) is 0 Å². The number of likely N-dealkylation sites (tertiary alicyclic amines) is 1. The summed E-state index contributed by atoms with van der Waals surface area (Å²) in [7, 11) is 0. The highest BCUT2D eigenvalue weighted by Crippen LogP contribution is 2.55. The number of fused-ring (bicyclic) bond motifs is 2. The molecule has 0 bridgehead atoms. The van der Waals surface area contributed by atoms with Crippen LogP contribution in [0, 0.1) is 34.4 Å². The molecule has 0 radical (unpaired) electrons. The lowest BCUT2D eigenvalue weighted by Crippen LogP contribution is -2.51. The lowest BCUT2D eigenvalue weighted by molar-refractivity contribution is -0.135. The summed E-state index contributed by atoms with van der Waals surface area (Å²) in [6.07, 6.45) is 21.3. The molecule has 1 saturated heterocycles. The lowest BCUT2D eigenvalue weighted by atomic mass is 9.63. The maximum absolute atomic E-state index is 14.7. The van der Waals surface area contributed by atoms with Crippen LogP contribution in [0.15, 0.2) is 77.6 Å². The van der Waals surface area contributed by atoms with Gasteiger partial charge < -0.3 is 4.90 Å². The summed E-state index contributed by atoms with van der Waals surface area (Å²) in [6, 6.07) is 6.15. The molecule has 3 aliphatic carbocycles. The zero-order chi connectivity index (χ0) is 29.5. The highest BCUT2D eigenvalue weighted by atomic mass is 19.1. The number of rotatable bonds is 8. The van der Waals surface area contributed by atoms with Crippen molar-refractivity contribution >= 4 is 11.7 Å². The number of piperidine rings is 1. The van der Waals surface area contributed by atoms with Gasteiger partial charge in [0.2, 0.25) is 0 Å². The van der Waals surface area contributed by atoms with Crippen LogP contribution >= 0.6 is 0 Å². The van der Waals surface area contributed by atoms with E-state index in [1.165, 1.54) is 50.0 Å². The van der Waals surface area contributed by atoms with Gasteiger partial charge in [-0.15, -0.1) is 0 Å². The molecule has 0 aromatic heterocycles. The Bertz CT molecular complexity index is 1340. The number of carbonyl (C=O) groups excluding carboxylic acids is 1. The first-order valence-corrected chi connectivity index (χ1v) is 16.0. The molecular weight excluding hydrogens is 528 g/mol. The van der Waals surface area contributed by atoms with Crippen molar-refractivity contribution < 1.29 is 13.6 Å². The van der Waals surface area contributed by atoms with Crippen molar-refractivity contribution in [1.82, 2.24) is 9.80 Å². The molecule has 1 aromatic rings. The van der Waals surface area contributed by atoms with E-state index in [0.29, 0.717) is 29.9 Å². The van der Waals surface area contributed by atoms with Gasteiger partial charge >= 0.3 is 0 Å². The van der Waals surface area contributed by atoms with Gasteiger partial charge in [-0.1, -0.05) is 63.3 Å². The van der Waals surface area contributed by atoms with Crippen LogP contribution in [0.3, 0.4) is 0 Å². The third kappa shape index (κ3) is 4.84. The van der Waals surface area contributed by atoms with Gasteiger partial charge in [0, 0.05) is 17.9 Å². The number of hydrogen-bond donors (Lipinski definition) is 0.